The molecular formula is C20H20ClN3O2. The highest BCUT2D eigenvalue weighted by molar-refractivity contribution is 6.31. The Hall–Kier alpha value is -2.50. The number of hydrogen-bond donors (Lipinski definition) is 2. The van der Waals surface area contributed by atoms with Gasteiger partial charge in [-0.15, -0.1) is 0 Å². The summed E-state index contributed by atoms with van der Waals surface area (Å²) in [5, 5.41) is 4.76. The molecule has 0 radical (unpaired) electrons. The van der Waals surface area contributed by atoms with Crippen molar-refractivity contribution < 1.29 is 9.53 Å². The summed E-state index contributed by atoms with van der Waals surface area (Å²) in [5.74, 6) is -0.0402. The van der Waals surface area contributed by atoms with Crippen LogP contribution in [0.15, 0.2) is 48.7 Å². The third-order valence-electron chi connectivity index (χ3n) is 4.61. The molecule has 1 aliphatic rings. The topological polar surface area (TPSA) is 57.4 Å². The molecule has 4 rings (SSSR count). The molecule has 2 heterocycles. The van der Waals surface area contributed by atoms with Gasteiger partial charge in [0.1, 0.15) is 0 Å². The number of aromatic amines is 1. The lowest BCUT2D eigenvalue weighted by molar-refractivity contribution is -0.115. The molecule has 0 atom stereocenters. The van der Waals surface area contributed by atoms with Gasteiger partial charge in [-0.3, -0.25) is 4.79 Å². The molecule has 0 bridgehead atoms. The van der Waals surface area contributed by atoms with E-state index >= 15 is 0 Å². The number of amides is 1. The van der Waals surface area contributed by atoms with Crippen LogP contribution in [-0.2, 0) is 16.0 Å². The summed E-state index contributed by atoms with van der Waals surface area (Å²) in [6.07, 6.45) is 2.17. The second-order valence-electron chi connectivity index (χ2n) is 6.35. The van der Waals surface area contributed by atoms with E-state index in [0.717, 1.165) is 40.9 Å². The largest absolute Gasteiger partial charge is 0.378 e. The number of para-hydroxylation sites is 2. The van der Waals surface area contributed by atoms with Crippen LogP contribution in [-0.4, -0.2) is 37.2 Å². The molecular weight excluding hydrogens is 350 g/mol. The van der Waals surface area contributed by atoms with Crippen LogP contribution < -0.4 is 10.2 Å². The Balaban J connectivity index is 1.51. The molecule has 0 spiro atoms. The van der Waals surface area contributed by atoms with Crippen LogP contribution in [0.3, 0.4) is 0 Å². The lowest BCUT2D eigenvalue weighted by atomic mass is 10.1. The third kappa shape index (κ3) is 3.54. The number of morpholine rings is 1. The maximum absolute atomic E-state index is 12.6. The Labute approximate surface area is 156 Å². The first-order chi connectivity index (χ1) is 12.7. The molecule has 3 aromatic rings. The van der Waals surface area contributed by atoms with Crippen molar-refractivity contribution in [2.75, 3.05) is 36.5 Å². The summed E-state index contributed by atoms with van der Waals surface area (Å²) in [5.41, 5.74) is 3.77. The van der Waals surface area contributed by atoms with Gasteiger partial charge in [0.2, 0.25) is 5.91 Å². The quantitative estimate of drug-likeness (QED) is 0.734. The average molecular weight is 370 g/mol. The van der Waals surface area contributed by atoms with Crippen molar-refractivity contribution in [2.24, 2.45) is 0 Å². The normalized spacial score (nSPS) is 14.6. The Morgan fingerprint density at radius 1 is 1.19 bits per heavy atom. The molecule has 0 aliphatic carbocycles. The Kier molecular flexibility index (Phi) is 4.82. The van der Waals surface area contributed by atoms with Gasteiger partial charge in [0.05, 0.1) is 31.0 Å². The van der Waals surface area contributed by atoms with E-state index in [-0.39, 0.29) is 5.91 Å². The third-order valence-corrected chi connectivity index (χ3v) is 4.85. The number of benzene rings is 2. The Morgan fingerprint density at radius 2 is 2.00 bits per heavy atom. The Bertz CT molecular complexity index is 932. The van der Waals surface area contributed by atoms with E-state index in [1.165, 1.54) is 0 Å². The van der Waals surface area contributed by atoms with Gasteiger partial charge < -0.3 is 19.9 Å². The molecule has 26 heavy (non-hydrogen) atoms. The van der Waals surface area contributed by atoms with Crippen LogP contribution in [0.4, 0.5) is 11.4 Å². The summed E-state index contributed by atoms with van der Waals surface area (Å²) in [6, 6.07) is 13.6. The molecule has 134 valence electrons. The molecule has 5 nitrogen and oxygen atoms in total. The molecule has 1 aliphatic heterocycles. The minimum atomic E-state index is -0.0402. The minimum absolute atomic E-state index is 0.0402. The van der Waals surface area contributed by atoms with Gasteiger partial charge in [0.25, 0.3) is 0 Å². The first kappa shape index (κ1) is 16.9. The smallest absolute Gasteiger partial charge is 0.228 e. The zero-order chi connectivity index (χ0) is 17.9. The van der Waals surface area contributed by atoms with E-state index in [4.69, 9.17) is 16.3 Å². The molecule has 1 aromatic heterocycles. The van der Waals surface area contributed by atoms with Crippen molar-refractivity contribution in [3.05, 3.63) is 59.2 Å². The fourth-order valence-electron chi connectivity index (χ4n) is 3.33. The van der Waals surface area contributed by atoms with Gasteiger partial charge in [0.15, 0.2) is 0 Å². The van der Waals surface area contributed by atoms with Gasteiger partial charge in [-0.1, -0.05) is 29.8 Å². The highest BCUT2D eigenvalue weighted by Crippen LogP contribution is 2.27. The van der Waals surface area contributed by atoms with E-state index in [1.807, 2.05) is 48.7 Å². The summed E-state index contributed by atoms with van der Waals surface area (Å²) in [7, 11) is 0. The highest BCUT2D eigenvalue weighted by Gasteiger charge is 2.16. The zero-order valence-corrected chi connectivity index (χ0v) is 15.1. The standard InChI is InChI=1S/C20H20ClN3O2/c21-15-5-6-16-14(13-22-18(16)12-15)11-20(25)23-17-3-1-2-4-19(17)24-7-9-26-10-8-24/h1-6,12-13,22H,7-11H2,(H,23,25). The predicted octanol–water partition coefficient (Wildman–Crippen LogP) is 3.84. The number of halogens is 1. The van der Waals surface area contributed by atoms with Crippen LogP contribution in [0.5, 0.6) is 0 Å². The number of rotatable bonds is 4. The van der Waals surface area contributed by atoms with E-state index < -0.39 is 0 Å². The minimum Gasteiger partial charge on any atom is -0.378 e. The molecule has 0 saturated carbocycles. The molecule has 2 aromatic carbocycles. The lowest BCUT2D eigenvalue weighted by Gasteiger charge is -2.30. The first-order valence-corrected chi connectivity index (χ1v) is 9.05. The predicted molar refractivity (Wildman–Crippen MR) is 105 cm³/mol. The second kappa shape index (κ2) is 7.40. The van der Waals surface area contributed by atoms with Gasteiger partial charge in [0, 0.05) is 35.2 Å². The number of nitrogens with one attached hydrogen (secondary N) is 2. The van der Waals surface area contributed by atoms with Gasteiger partial charge in [-0.25, -0.2) is 0 Å². The summed E-state index contributed by atoms with van der Waals surface area (Å²) in [6.45, 7) is 3.08. The number of hydrogen-bond acceptors (Lipinski definition) is 3. The van der Waals surface area contributed by atoms with Crippen LogP contribution in [0.25, 0.3) is 10.9 Å². The van der Waals surface area contributed by atoms with Crippen LogP contribution in [0, 0.1) is 0 Å². The summed E-state index contributed by atoms with van der Waals surface area (Å²) in [4.78, 5) is 18.0. The van der Waals surface area contributed by atoms with E-state index in [0.29, 0.717) is 24.7 Å². The number of nitrogens with zero attached hydrogens (tertiary/aromatic N) is 1. The number of anilines is 2. The molecule has 1 amide bonds. The highest BCUT2D eigenvalue weighted by atomic mass is 35.5. The van der Waals surface area contributed by atoms with E-state index in [2.05, 4.69) is 15.2 Å². The molecule has 2 N–H and O–H groups in total. The number of carbonyl (C=O) groups is 1. The number of fused-ring (bicyclic) bond motifs is 1. The van der Waals surface area contributed by atoms with Crippen molar-refractivity contribution in [1.29, 1.82) is 0 Å². The maximum atomic E-state index is 12.6. The van der Waals surface area contributed by atoms with Crippen molar-refractivity contribution in [3.63, 3.8) is 0 Å². The Morgan fingerprint density at radius 3 is 2.85 bits per heavy atom. The number of H-pyrrole nitrogens is 1. The van der Waals surface area contributed by atoms with Crippen LogP contribution in [0.2, 0.25) is 5.02 Å². The van der Waals surface area contributed by atoms with E-state index in [9.17, 15) is 4.79 Å². The van der Waals surface area contributed by atoms with Gasteiger partial charge >= 0.3 is 0 Å². The molecule has 0 unspecified atom stereocenters. The van der Waals surface area contributed by atoms with Crippen molar-refractivity contribution in [2.45, 2.75) is 6.42 Å². The van der Waals surface area contributed by atoms with Crippen LogP contribution >= 0.6 is 11.6 Å². The van der Waals surface area contributed by atoms with Crippen LogP contribution in [0.1, 0.15) is 5.56 Å². The monoisotopic (exact) mass is 369 g/mol. The van der Waals surface area contributed by atoms with Crippen molar-refractivity contribution >= 4 is 39.8 Å². The van der Waals surface area contributed by atoms with Gasteiger partial charge in [-0.05, 0) is 29.8 Å². The van der Waals surface area contributed by atoms with Crippen molar-refractivity contribution in [3.8, 4) is 0 Å². The SMILES string of the molecule is O=C(Cc1c[nH]c2cc(Cl)ccc12)Nc1ccccc1N1CCOCC1. The summed E-state index contributed by atoms with van der Waals surface area (Å²) < 4.78 is 5.42. The molecule has 1 fully saturated rings. The number of carbonyl (C=O) groups excluding carboxylic acids is 1. The fourth-order valence-corrected chi connectivity index (χ4v) is 3.50. The number of ether oxygens (including phenoxy) is 1. The molecule has 6 heteroatoms. The number of aromatic nitrogens is 1. The average Bonchev–Trinajstić information content (AvgIpc) is 3.04. The second-order valence-corrected chi connectivity index (χ2v) is 6.78. The zero-order valence-electron chi connectivity index (χ0n) is 14.3. The van der Waals surface area contributed by atoms with E-state index in [1.54, 1.807) is 0 Å². The first-order valence-electron chi connectivity index (χ1n) is 8.68. The fraction of sp³-hybridized carbons (Fsp3) is 0.250. The maximum Gasteiger partial charge on any atom is 0.228 e. The van der Waals surface area contributed by atoms with Crippen molar-refractivity contribution in [1.82, 2.24) is 4.98 Å². The van der Waals surface area contributed by atoms with Gasteiger partial charge in [-0.2, -0.15) is 0 Å². The lowest BCUT2D eigenvalue weighted by Crippen LogP contribution is -2.36. The molecule has 1 saturated heterocycles. The summed E-state index contributed by atoms with van der Waals surface area (Å²) >= 11 is 6.02.